The first-order valence-corrected chi connectivity index (χ1v) is 5.34. The lowest BCUT2D eigenvalue weighted by Gasteiger charge is -2.10. The van der Waals surface area contributed by atoms with Crippen LogP contribution in [0.15, 0.2) is 24.3 Å². The molecule has 94 valence electrons. The molecule has 4 N–H and O–H groups in total. The number of hydrogen-bond donors (Lipinski definition) is 3. The summed E-state index contributed by atoms with van der Waals surface area (Å²) in [6.45, 7) is 1.27. The number of hydrogen-bond acceptors (Lipinski definition) is 3. The van der Waals surface area contributed by atoms with Gasteiger partial charge in [0.25, 0.3) is 5.91 Å². The third-order valence-electron chi connectivity index (χ3n) is 2.21. The number of carbonyl (C=O) groups excluding carboxylic acids is 2. The summed E-state index contributed by atoms with van der Waals surface area (Å²) in [5.74, 6) is 4.19. The Morgan fingerprint density at radius 3 is 2.83 bits per heavy atom. The molecule has 0 aliphatic heterocycles. The average molecular weight is 246 g/mol. The molecule has 2 amide bonds. The maximum atomic E-state index is 11.8. The fraction of sp³-hybridized carbons (Fsp3) is 0.231. The third kappa shape index (κ3) is 3.92. The Morgan fingerprint density at radius 2 is 2.22 bits per heavy atom. The van der Waals surface area contributed by atoms with Crippen LogP contribution in [0.1, 0.15) is 22.8 Å². The highest BCUT2D eigenvalue weighted by molar-refractivity contribution is 5.97. The van der Waals surface area contributed by atoms with E-state index in [1.54, 1.807) is 24.3 Å². The van der Waals surface area contributed by atoms with Gasteiger partial charge in [0.1, 0.15) is 12.6 Å². The Hall–Kier alpha value is -2.32. The molecule has 1 aromatic rings. The van der Waals surface area contributed by atoms with Crippen LogP contribution in [0.5, 0.6) is 0 Å². The van der Waals surface area contributed by atoms with Crippen LogP contribution in [0.4, 0.5) is 0 Å². The standard InChI is InChI=1S/C13H14N2O3/c1-9(12(14)17)15-13(18)11-6-2-4-10(8-11)5-3-7-16/h2,4,6,8-9,16H,7H2,1H3,(H2,14,17)(H,15,18). The molecule has 0 saturated carbocycles. The molecule has 0 spiro atoms. The minimum Gasteiger partial charge on any atom is -0.384 e. The van der Waals surface area contributed by atoms with E-state index in [0.717, 1.165) is 0 Å². The van der Waals surface area contributed by atoms with Crippen LogP contribution in [0.25, 0.3) is 0 Å². The van der Waals surface area contributed by atoms with Gasteiger partial charge in [-0.1, -0.05) is 17.9 Å². The molecule has 5 nitrogen and oxygen atoms in total. The van der Waals surface area contributed by atoms with Gasteiger partial charge in [0.05, 0.1) is 0 Å². The third-order valence-corrected chi connectivity index (χ3v) is 2.21. The normalized spacial score (nSPS) is 11.0. The number of rotatable bonds is 3. The monoisotopic (exact) mass is 246 g/mol. The molecule has 5 heteroatoms. The van der Waals surface area contributed by atoms with Crippen molar-refractivity contribution in [2.24, 2.45) is 5.73 Å². The van der Waals surface area contributed by atoms with Crippen molar-refractivity contribution >= 4 is 11.8 Å². The van der Waals surface area contributed by atoms with Gasteiger partial charge < -0.3 is 16.2 Å². The van der Waals surface area contributed by atoms with E-state index in [4.69, 9.17) is 10.8 Å². The van der Waals surface area contributed by atoms with Crippen molar-refractivity contribution < 1.29 is 14.7 Å². The second kappa shape index (κ2) is 6.42. The number of primary amides is 1. The molecule has 1 rings (SSSR count). The molecule has 0 aromatic heterocycles. The first-order chi connectivity index (χ1) is 8.54. The van der Waals surface area contributed by atoms with E-state index in [9.17, 15) is 9.59 Å². The van der Waals surface area contributed by atoms with Crippen molar-refractivity contribution in [2.45, 2.75) is 13.0 Å². The van der Waals surface area contributed by atoms with E-state index >= 15 is 0 Å². The van der Waals surface area contributed by atoms with Crippen molar-refractivity contribution in [2.75, 3.05) is 6.61 Å². The highest BCUT2D eigenvalue weighted by atomic mass is 16.2. The Kier molecular flexibility index (Phi) is 4.90. The van der Waals surface area contributed by atoms with Crippen LogP contribution in [-0.2, 0) is 4.79 Å². The molecule has 0 aliphatic carbocycles. The summed E-state index contributed by atoms with van der Waals surface area (Å²) in [5.41, 5.74) is 6.05. The number of carbonyl (C=O) groups is 2. The largest absolute Gasteiger partial charge is 0.384 e. The topological polar surface area (TPSA) is 92.4 Å². The molecule has 1 aromatic carbocycles. The first kappa shape index (κ1) is 13.7. The summed E-state index contributed by atoms with van der Waals surface area (Å²) in [4.78, 5) is 22.6. The minimum atomic E-state index is -0.732. The number of aliphatic hydroxyl groups is 1. The maximum absolute atomic E-state index is 11.8. The van der Waals surface area contributed by atoms with E-state index in [1.807, 2.05) is 0 Å². The lowest BCUT2D eigenvalue weighted by molar-refractivity contribution is -0.119. The van der Waals surface area contributed by atoms with Crippen LogP contribution >= 0.6 is 0 Å². The molecule has 18 heavy (non-hydrogen) atoms. The molecule has 0 radical (unpaired) electrons. The quantitative estimate of drug-likeness (QED) is 0.635. The predicted molar refractivity (Wildman–Crippen MR) is 66.5 cm³/mol. The molecular weight excluding hydrogens is 232 g/mol. The number of nitrogens with two attached hydrogens (primary N) is 1. The van der Waals surface area contributed by atoms with E-state index in [0.29, 0.717) is 11.1 Å². The van der Waals surface area contributed by atoms with Crippen LogP contribution in [0.3, 0.4) is 0 Å². The first-order valence-electron chi connectivity index (χ1n) is 5.34. The van der Waals surface area contributed by atoms with Crippen molar-refractivity contribution in [3.8, 4) is 11.8 Å². The van der Waals surface area contributed by atoms with Crippen LogP contribution in [0, 0.1) is 11.8 Å². The average Bonchev–Trinajstić information content (AvgIpc) is 2.36. The Bertz CT molecular complexity index is 514. The smallest absolute Gasteiger partial charge is 0.251 e. The van der Waals surface area contributed by atoms with E-state index < -0.39 is 17.9 Å². The summed E-state index contributed by atoms with van der Waals surface area (Å²) in [5, 5.41) is 11.0. The van der Waals surface area contributed by atoms with E-state index in [-0.39, 0.29) is 6.61 Å². The van der Waals surface area contributed by atoms with Crippen LogP contribution < -0.4 is 11.1 Å². The molecule has 0 bridgehead atoms. The fourth-order valence-electron chi connectivity index (χ4n) is 1.23. The number of aliphatic hydroxyl groups excluding tert-OH is 1. The second-order valence-corrected chi connectivity index (χ2v) is 3.64. The zero-order valence-electron chi connectivity index (χ0n) is 9.93. The lowest BCUT2D eigenvalue weighted by atomic mass is 10.1. The van der Waals surface area contributed by atoms with Gasteiger partial charge in [-0.3, -0.25) is 9.59 Å². The molecule has 0 heterocycles. The Labute approximate surface area is 105 Å². The van der Waals surface area contributed by atoms with Crippen molar-refractivity contribution in [3.05, 3.63) is 35.4 Å². The molecule has 0 saturated heterocycles. The summed E-state index contributed by atoms with van der Waals surface area (Å²) in [6, 6.07) is 5.84. The number of nitrogens with one attached hydrogen (secondary N) is 1. The Balaban J connectivity index is 2.83. The van der Waals surface area contributed by atoms with Crippen molar-refractivity contribution in [1.29, 1.82) is 0 Å². The predicted octanol–water partition coefficient (Wildman–Crippen LogP) is -0.366. The summed E-state index contributed by atoms with van der Waals surface area (Å²) in [7, 11) is 0. The van der Waals surface area contributed by atoms with Crippen molar-refractivity contribution in [1.82, 2.24) is 5.32 Å². The summed E-state index contributed by atoms with van der Waals surface area (Å²) < 4.78 is 0. The van der Waals surface area contributed by atoms with E-state index in [2.05, 4.69) is 17.2 Å². The molecular formula is C13H14N2O3. The molecule has 0 aliphatic rings. The van der Waals surface area contributed by atoms with Crippen LogP contribution in [-0.4, -0.2) is 29.6 Å². The van der Waals surface area contributed by atoms with Crippen molar-refractivity contribution in [3.63, 3.8) is 0 Å². The van der Waals surface area contributed by atoms with Gasteiger partial charge in [0.15, 0.2) is 0 Å². The minimum absolute atomic E-state index is 0.241. The zero-order chi connectivity index (χ0) is 13.5. The van der Waals surface area contributed by atoms with Gasteiger partial charge in [-0.2, -0.15) is 0 Å². The van der Waals surface area contributed by atoms with Gasteiger partial charge in [-0.15, -0.1) is 0 Å². The van der Waals surface area contributed by atoms with Gasteiger partial charge in [0.2, 0.25) is 5.91 Å². The molecule has 1 atom stereocenters. The lowest BCUT2D eigenvalue weighted by Crippen LogP contribution is -2.42. The molecule has 0 fully saturated rings. The van der Waals surface area contributed by atoms with Gasteiger partial charge in [-0.25, -0.2) is 0 Å². The van der Waals surface area contributed by atoms with Gasteiger partial charge >= 0.3 is 0 Å². The number of benzene rings is 1. The second-order valence-electron chi connectivity index (χ2n) is 3.64. The summed E-state index contributed by atoms with van der Waals surface area (Å²) in [6.07, 6.45) is 0. The molecule has 1 unspecified atom stereocenters. The summed E-state index contributed by atoms with van der Waals surface area (Å²) >= 11 is 0. The highest BCUT2D eigenvalue weighted by Crippen LogP contribution is 2.04. The van der Waals surface area contributed by atoms with E-state index in [1.165, 1.54) is 6.92 Å². The fourth-order valence-corrected chi connectivity index (χ4v) is 1.23. The zero-order valence-corrected chi connectivity index (χ0v) is 9.93. The highest BCUT2D eigenvalue weighted by Gasteiger charge is 2.13. The Morgan fingerprint density at radius 1 is 1.50 bits per heavy atom. The maximum Gasteiger partial charge on any atom is 0.251 e. The van der Waals surface area contributed by atoms with Gasteiger partial charge in [0, 0.05) is 11.1 Å². The van der Waals surface area contributed by atoms with Crippen LogP contribution in [0.2, 0.25) is 0 Å². The number of amides is 2. The van der Waals surface area contributed by atoms with Gasteiger partial charge in [-0.05, 0) is 25.1 Å². The SMILES string of the molecule is CC(NC(=O)c1cccc(C#CCO)c1)C(N)=O.